The van der Waals surface area contributed by atoms with E-state index in [4.69, 9.17) is 4.74 Å². The predicted molar refractivity (Wildman–Crippen MR) is 87.3 cm³/mol. The highest BCUT2D eigenvalue weighted by atomic mass is 16.5. The molecule has 21 heavy (non-hydrogen) atoms. The van der Waals surface area contributed by atoms with Crippen molar-refractivity contribution in [2.24, 2.45) is 0 Å². The Morgan fingerprint density at radius 2 is 1.38 bits per heavy atom. The smallest absolute Gasteiger partial charge is 0.256 e. The number of benzene rings is 3. The first-order valence-corrected chi connectivity index (χ1v) is 7.17. The Morgan fingerprint density at radius 1 is 0.667 bits per heavy atom. The summed E-state index contributed by atoms with van der Waals surface area (Å²) < 4.78 is 6.10. The number of para-hydroxylation sites is 2. The normalized spacial score (nSPS) is 13.4. The summed E-state index contributed by atoms with van der Waals surface area (Å²) in [5, 5.41) is 3.53. The maximum Gasteiger partial charge on any atom is 0.256 e. The molecule has 2 heterocycles. The second-order valence-corrected chi connectivity index (χ2v) is 5.50. The second kappa shape index (κ2) is 3.92. The fraction of sp³-hybridized carbons (Fsp3) is 0. The monoisotopic (exact) mass is 269 g/mol. The minimum Gasteiger partial charge on any atom is -0.458 e. The summed E-state index contributed by atoms with van der Waals surface area (Å²) in [6, 6.07) is 23.1. The summed E-state index contributed by atoms with van der Waals surface area (Å²) in [4.78, 5) is 0. The molecule has 2 nitrogen and oxygen atoms in total. The molecule has 0 amide bonds. The van der Waals surface area contributed by atoms with Crippen molar-refractivity contribution in [3.8, 4) is 11.5 Å². The zero-order valence-electron chi connectivity index (χ0n) is 11.3. The Hall–Kier alpha value is -2.68. The van der Waals surface area contributed by atoms with Gasteiger partial charge in [0.05, 0.1) is 0 Å². The first-order valence-electron chi connectivity index (χ1n) is 7.17. The van der Waals surface area contributed by atoms with Gasteiger partial charge in [-0.1, -0.05) is 42.5 Å². The minimum absolute atomic E-state index is 0.249. The van der Waals surface area contributed by atoms with Gasteiger partial charge >= 0.3 is 0 Å². The van der Waals surface area contributed by atoms with Crippen LogP contribution in [0.5, 0.6) is 11.5 Å². The Morgan fingerprint density at radius 3 is 2.33 bits per heavy atom. The van der Waals surface area contributed by atoms with E-state index >= 15 is 0 Å². The van der Waals surface area contributed by atoms with E-state index in [2.05, 4.69) is 59.9 Å². The van der Waals surface area contributed by atoms with Crippen LogP contribution in [0.15, 0.2) is 66.7 Å². The zero-order valence-corrected chi connectivity index (χ0v) is 11.3. The molecule has 3 aromatic carbocycles. The maximum absolute atomic E-state index is 6.10. The van der Waals surface area contributed by atoms with Crippen LogP contribution in [0.25, 0.3) is 0 Å². The number of fused-ring (bicyclic) bond motifs is 4. The first kappa shape index (κ1) is 11.0. The predicted octanol–water partition coefficient (Wildman–Crippen LogP) is 2.37. The Balaban J connectivity index is 1.88. The van der Waals surface area contributed by atoms with Crippen molar-refractivity contribution in [2.45, 2.75) is 0 Å². The molecule has 0 aromatic heterocycles. The van der Waals surface area contributed by atoms with Crippen LogP contribution in [0.1, 0.15) is 0 Å². The lowest BCUT2D eigenvalue weighted by Gasteiger charge is -2.33. The molecule has 0 bridgehead atoms. The van der Waals surface area contributed by atoms with Crippen molar-refractivity contribution in [3.05, 3.63) is 66.7 Å². The topological polar surface area (TPSA) is 21.3 Å². The Kier molecular flexibility index (Phi) is 2.06. The molecule has 5 rings (SSSR count). The largest absolute Gasteiger partial charge is 0.458 e. The van der Waals surface area contributed by atoms with Crippen LogP contribution in [0.4, 0.5) is 11.4 Å². The molecule has 2 aliphatic heterocycles. The van der Waals surface area contributed by atoms with Gasteiger partial charge in [0, 0.05) is 11.4 Å². The number of rotatable bonds is 0. The molecule has 3 heteroatoms. The quantitative estimate of drug-likeness (QED) is 0.436. The third-order valence-corrected chi connectivity index (χ3v) is 4.35. The van der Waals surface area contributed by atoms with Gasteiger partial charge in [-0.15, -0.1) is 0 Å². The molecule has 0 saturated carbocycles. The van der Waals surface area contributed by atoms with Gasteiger partial charge < -0.3 is 10.1 Å². The number of nitrogens with one attached hydrogen (secondary N) is 1. The summed E-state index contributed by atoms with van der Waals surface area (Å²) in [5.41, 5.74) is 6.13. The molecule has 3 aromatic rings. The summed E-state index contributed by atoms with van der Waals surface area (Å²) in [7, 11) is 0. The van der Waals surface area contributed by atoms with Gasteiger partial charge in [-0.05, 0) is 40.7 Å². The molecular weight excluding hydrogens is 257 g/mol. The van der Waals surface area contributed by atoms with E-state index in [0.29, 0.717) is 0 Å². The Labute approximate surface area is 123 Å². The highest BCUT2D eigenvalue weighted by molar-refractivity contribution is 6.99. The molecule has 1 N–H and O–H groups in total. The standard InChI is InChI=1S/C18H12BNO/c1-3-8-14-12(6-1)19-13-7-2-4-10-16(13)21-17-11-5-9-15(20-14)18(17)19/h1-11,20H. The minimum atomic E-state index is 0.249. The van der Waals surface area contributed by atoms with Crippen molar-refractivity contribution >= 4 is 34.5 Å². The molecular formula is C18H12BNO. The van der Waals surface area contributed by atoms with E-state index in [-0.39, 0.29) is 6.71 Å². The summed E-state index contributed by atoms with van der Waals surface area (Å²) >= 11 is 0. The lowest BCUT2D eigenvalue weighted by Crippen LogP contribution is -2.58. The molecule has 0 atom stereocenters. The second-order valence-electron chi connectivity index (χ2n) is 5.50. The third kappa shape index (κ3) is 1.43. The van der Waals surface area contributed by atoms with Crippen LogP contribution in [0, 0.1) is 0 Å². The van der Waals surface area contributed by atoms with Crippen LogP contribution in [0.2, 0.25) is 0 Å². The van der Waals surface area contributed by atoms with E-state index in [1.807, 2.05) is 12.1 Å². The van der Waals surface area contributed by atoms with Crippen molar-refractivity contribution in [1.82, 2.24) is 0 Å². The van der Waals surface area contributed by atoms with Crippen LogP contribution in [-0.2, 0) is 0 Å². The van der Waals surface area contributed by atoms with Gasteiger partial charge in [0.25, 0.3) is 6.71 Å². The van der Waals surface area contributed by atoms with Crippen molar-refractivity contribution in [2.75, 3.05) is 5.32 Å². The van der Waals surface area contributed by atoms with E-state index in [1.165, 1.54) is 22.1 Å². The summed E-state index contributed by atoms with van der Waals surface area (Å²) in [6.45, 7) is 0.249. The van der Waals surface area contributed by atoms with Gasteiger partial charge in [-0.25, -0.2) is 0 Å². The van der Waals surface area contributed by atoms with Gasteiger partial charge in [0.15, 0.2) is 0 Å². The zero-order chi connectivity index (χ0) is 13.8. The average Bonchev–Trinajstić information content (AvgIpc) is 2.54. The summed E-state index contributed by atoms with van der Waals surface area (Å²) in [6.07, 6.45) is 0. The molecule has 2 aliphatic rings. The molecule has 0 saturated heterocycles. The van der Waals surface area contributed by atoms with Gasteiger partial charge in [0.2, 0.25) is 0 Å². The lowest BCUT2D eigenvalue weighted by atomic mass is 9.34. The SMILES string of the molecule is c1ccc2c(c1)Nc1cccc3c1B2c1ccccc1O3. The van der Waals surface area contributed by atoms with Crippen molar-refractivity contribution in [1.29, 1.82) is 0 Å². The fourth-order valence-electron chi connectivity index (χ4n) is 3.46. The molecule has 0 unspecified atom stereocenters. The highest BCUT2D eigenvalue weighted by Gasteiger charge is 2.37. The van der Waals surface area contributed by atoms with E-state index in [1.54, 1.807) is 0 Å². The number of anilines is 2. The average molecular weight is 269 g/mol. The van der Waals surface area contributed by atoms with Gasteiger partial charge in [0.1, 0.15) is 11.5 Å². The van der Waals surface area contributed by atoms with Crippen LogP contribution in [0.3, 0.4) is 0 Å². The lowest BCUT2D eigenvalue weighted by molar-refractivity contribution is 0.487. The van der Waals surface area contributed by atoms with Gasteiger partial charge in [-0.3, -0.25) is 0 Å². The maximum atomic E-state index is 6.10. The number of hydrogen-bond acceptors (Lipinski definition) is 2. The van der Waals surface area contributed by atoms with E-state index < -0.39 is 0 Å². The van der Waals surface area contributed by atoms with Crippen molar-refractivity contribution in [3.63, 3.8) is 0 Å². The molecule has 98 valence electrons. The third-order valence-electron chi connectivity index (χ3n) is 4.35. The van der Waals surface area contributed by atoms with E-state index in [0.717, 1.165) is 17.2 Å². The van der Waals surface area contributed by atoms with E-state index in [9.17, 15) is 0 Å². The van der Waals surface area contributed by atoms with Crippen molar-refractivity contribution < 1.29 is 4.74 Å². The highest BCUT2D eigenvalue weighted by Crippen LogP contribution is 2.31. The molecule has 0 aliphatic carbocycles. The van der Waals surface area contributed by atoms with Crippen LogP contribution < -0.4 is 26.4 Å². The molecule has 0 fully saturated rings. The van der Waals surface area contributed by atoms with Gasteiger partial charge in [-0.2, -0.15) is 0 Å². The summed E-state index contributed by atoms with van der Waals surface area (Å²) in [5.74, 6) is 1.92. The fourth-order valence-corrected chi connectivity index (χ4v) is 3.46. The number of ether oxygens (including phenoxy) is 1. The first-order chi connectivity index (χ1) is 10.4. The van der Waals surface area contributed by atoms with Crippen LogP contribution >= 0.6 is 0 Å². The van der Waals surface area contributed by atoms with Crippen LogP contribution in [-0.4, -0.2) is 6.71 Å². The number of hydrogen-bond donors (Lipinski definition) is 1. The molecule has 0 spiro atoms. The Bertz CT molecular complexity index is 807. The molecule has 0 radical (unpaired) electrons.